The van der Waals surface area contributed by atoms with Crippen molar-refractivity contribution in [2.24, 2.45) is 0 Å². The van der Waals surface area contributed by atoms with Crippen LogP contribution in [0.15, 0.2) is 18.5 Å². The van der Waals surface area contributed by atoms with Crippen LogP contribution in [0.2, 0.25) is 0 Å². The molecule has 0 amide bonds. The van der Waals surface area contributed by atoms with Gasteiger partial charge < -0.3 is 10.1 Å². The van der Waals surface area contributed by atoms with Crippen LogP contribution in [0.4, 0.5) is 17.6 Å². The molecule has 0 atom stereocenters. The van der Waals surface area contributed by atoms with Gasteiger partial charge >= 0.3 is 12.3 Å². The van der Waals surface area contributed by atoms with Crippen LogP contribution in [0.5, 0.6) is 5.75 Å². The Kier molecular flexibility index (Phi) is 4.68. The lowest BCUT2D eigenvalue weighted by atomic mass is 10.2. The number of pyridine rings is 1. The molecule has 1 aromatic rings. The van der Waals surface area contributed by atoms with Crippen molar-refractivity contribution in [3.63, 3.8) is 0 Å². The third-order valence-electron chi connectivity index (χ3n) is 1.98. The molecule has 0 bridgehead atoms. The quantitative estimate of drug-likeness (QED) is 0.787. The molecule has 1 N–H and O–H groups in total. The molecule has 0 spiro atoms. The standard InChI is InChI=1S/C10H12F4N2O/c1-15-4-7-2-3-16-5-8(7)17-6-10(13,14)9(11)12/h2-3,5,9,15H,4,6H2,1H3. The van der Waals surface area contributed by atoms with Gasteiger partial charge in [-0.3, -0.25) is 4.98 Å². The van der Waals surface area contributed by atoms with Gasteiger partial charge in [-0.05, 0) is 13.1 Å². The minimum atomic E-state index is -4.16. The van der Waals surface area contributed by atoms with Crippen molar-refractivity contribution in [3.8, 4) is 5.75 Å². The maximum atomic E-state index is 12.6. The average molecular weight is 252 g/mol. The predicted molar refractivity (Wildman–Crippen MR) is 53.4 cm³/mol. The minimum Gasteiger partial charge on any atom is -0.485 e. The summed E-state index contributed by atoms with van der Waals surface area (Å²) in [5.74, 6) is -4.09. The van der Waals surface area contributed by atoms with Crippen molar-refractivity contribution in [2.45, 2.75) is 18.9 Å². The van der Waals surface area contributed by atoms with Crippen LogP contribution in [0, 0.1) is 0 Å². The molecule has 0 aromatic carbocycles. The minimum absolute atomic E-state index is 0.0715. The van der Waals surface area contributed by atoms with E-state index in [1.54, 1.807) is 13.1 Å². The Bertz CT molecular complexity index is 360. The summed E-state index contributed by atoms with van der Waals surface area (Å²) < 4.78 is 53.8. The first kappa shape index (κ1) is 13.7. The number of aromatic nitrogens is 1. The Hall–Kier alpha value is -1.37. The smallest absolute Gasteiger partial charge is 0.340 e. The number of alkyl halides is 4. The first-order valence-corrected chi connectivity index (χ1v) is 4.83. The van der Waals surface area contributed by atoms with Gasteiger partial charge in [-0.2, -0.15) is 8.78 Å². The summed E-state index contributed by atoms with van der Waals surface area (Å²) in [5.41, 5.74) is 0.576. The summed E-state index contributed by atoms with van der Waals surface area (Å²) in [6.45, 7) is -0.995. The van der Waals surface area contributed by atoms with Gasteiger partial charge in [0, 0.05) is 18.3 Å². The van der Waals surface area contributed by atoms with Crippen molar-refractivity contribution < 1.29 is 22.3 Å². The highest BCUT2D eigenvalue weighted by Gasteiger charge is 2.41. The van der Waals surface area contributed by atoms with Gasteiger partial charge in [0.2, 0.25) is 0 Å². The largest absolute Gasteiger partial charge is 0.485 e. The van der Waals surface area contributed by atoms with E-state index in [4.69, 9.17) is 0 Å². The molecule has 1 aromatic heterocycles. The Balaban J connectivity index is 2.69. The summed E-state index contributed by atoms with van der Waals surface area (Å²) in [4.78, 5) is 3.69. The van der Waals surface area contributed by atoms with Crippen LogP contribution in [0.25, 0.3) is 0 Å². The van der Waals surface area contributed by atoms with E-state index in [0.29, 0.717) is 12.1 Å². The van der Waals surface area contributed by atoms with E-state index < -0.39 is 19.0 Å². The average Bonchev–Trinajstić information content (AvgIpc) is 2.28. The molecule has 96 valence electrons. The molecule has 0 saturated carbocycles. The topological polar surface area (TPSA) is 34.2 Å². The number of halogens is 4. The van der Waals surface area contributed by atoms with Gasteiger partial charge in [0.05, 0.1) is 6.20 Å². The fraction of sp³-hybridized carbons (Fsp3) is 0.500. The number of nitrogens with zero attached hydrogens (tertiary/aromatic N) is 1. The lowest BCUT2D eigenvalue weighted by molar-refractivity contribution is -0.148. The van der Waals surface area contributed by atoms with Crippen molar-refractivity contribution in [1.29, 1.82) is 0 Å². The van der Waals surface area contributed by atoms with Gasteiger partial charge in [-0.25, -0.2) is 8.78 Å². The highest BCUT2D eigenvalue weighted by atomic mass is 19.3. The third-order valence-corrected chi connectivity index (χ3v) is 1.98. The predicted octanol–water partition coefficient (Wildman–Crippen LogP) is 2.08. The number of rotatable bonds is 6. The van der Waals surface area contributed by atoms with Crippen molar-refractivity contribution >= 4 is 0 Å². The number of nitrogens with one attached hydrogen (secondary N) is 1. The molecule has 1 heterocycles. The molecular weight excluding hydrogens is 240 g/mol. The summed E-state index contributed by atoms with van der Waals surface area (Å²) in [6, 6.07) is 1.56. The van der Waals surface area contributed by atoms with Crippen LogP contribution in [-0.2, 0) is 6.54 Å². The van der Waals surface area contributed by atoms with Crippen molar-refractivity contribution in [2.75, 3.05) is 13.7 Å². The van der Waals surface area contributed by atoms with E-state index in [1.807, 2.05) is 0 Å². The van der Waals surface area contributed by atoms with E-state index in [9.17, 15) is 17.6 Å². The molecule has 0 radical (unpaired) electrons. The van der Waals surface area contributed by atoms with Gasteiger partial charge in [0.1, 0.15) is 5.75 Å². The number of hydrogen-bond acceptors (Lipinski definition) is 3. The van der Waals surface area contributed by atoms with E-state index in [-0.39, 0.29) is 5.75 Å². The Morgan fingerprint density at radius 3 is 2.76 bits per heavy atom. The summed E-state index contributed by atoms with van der Waals surface area (Å²) >= 11 is 0. The fourth-order valence-electron chi connectivity index (χ4n) is 1.11. The second kappa shape index (κ2) is 5.81. The normalized spacial score (nSPS) is 11.9. The highest BCUT2D eigenvalue weighted by molar-refractivity contribution is 5.29. The second-order valence-electron chi connectivity index (χ2n) is 3.36. The summed E-state index contributed by atoms with van der Waals surface area (Å²) in [6.07, 6.45) is -1.06. The molecule has 1 rings (SSSR count). The van der Waals surface area contributed by atoms with Crippen LogP contribution >= 0.6 is 0 Å². The zero-order chi connectivity index (χ0) is 12.9. The van der Waals surface area contributed by atoms with Crippen LogP contribution < -0.4 is 10.1 Å². The summed E-state index contributed by atoms with van der Waals surface area (Å²) in [7, 11) is 1.66. The fourth-order valence-corrected chi connectivity index (χ4v) is 1.11. The molecule has 0 aliphatic rings. The van der Waals surface area contributed by atoms with E-state index in [0.717, 1.165) is 0 Å². The van der Waals surface area contributed by atoms with Gasteiger partial charge in [-0.1, -0.05) is 0 Å². The number of ether oxygens (including phenoxy) is 1. The molecule has 0 aliphatic heterocycles. The lowest BCUT2D eigenvalue weighted by Gasteiger charge is -2.17. The Labute approximate surface area is 95.8 Å². The first-order chi connectivity index (χ1) is 7.97. The van der Waals surface area contributed by atoms with Gasteiger partial charge in [-0.15, -0.1) is 0 Å². The van der Waals surface area contributed by atoms with E-state index in [1.165, 1.54) is 12.4 Å². The maximum absolute atomic E-state index is 12.6. The lowest BCUT2D eigenvalue weighted by Crippen LogP contribution is -2.34. The summed E-state index contributed by atoms with van der Waals surface area (Å²) in [5, 5.41) is 2.80. The van der Waals surface area contributed by atoms with Crippen molar-refractivity contribution in [1.82, 2.24) is 10.3 Å². The molecule has 0 aliphatic carbocycles. The van der Waals surface area contributed by atoms with Crippen molar-refractivity contribution in [3.05, 3.63) is 24.0 Å². The molecular formula is C10H12F4N2O. The number of hydrogen-bond donors (Lipinski definition) is 1. The highest BCUT2D eigenvalue weighted by Crippen LogP contribution is 2.25. The molecule has 17 heavy (non-hydrogen) atoms. The third kappa shape index (κ3) is 3.85. The van der Waals surface area contributed by atoms with Crippen LogP contribution in [-0.4, -0.2) is 31.0 Å². The zero-order valence-corrected chi connectivity index (χ0v) is 9.09. The molecule has 7 heteroatoms. The zero-order valence-electron chi connectivity index (χ0n) is 9.09. The molecule has 3 nitrogen and oxygen atoms in total. The van der Waals surface area contributed by atoms with Gasteiger partial charge in [0.25, 0.3) is 0 Å². The Morgan fingerprint density at radius 2 is 2.18 bits per heavy atom. The maximum Gasteiger partial charge on any atom is 0.340 e. The van der Waals surface area contributed by atoms with E-state index >= 15 is 0 Å². The van der Waals surface area contributed by atoms with E-state index in [2.05, 4.69) is 15.0 Å². The molecule has 0 saturated heterocycles. The SMILES string of the molecule is CNCc1ccncc1OCC(F)(F)C(F)F. The molecule has 0 fully saturated rings. The Morgan fingerprint density at radius 1 is 1.47 bits per heavy atom. The van der Waals surface area contributed by atoms with Crippen LogP contribution in [0.3, 0.4) is 0 Å². The first-order valence-electron chi connectivity index (χ1n) is 4.83. The van der Waals surface area contributed by atoms with Gasteiger partial charge in [0.15, 0.2) is 6.61 Å². The monoisotopic (exact) mass is 252 g/mol. The molecule has 0 unspecified atom stereocenters. The second-order valence-corrected chi connectivity index (χ2v) is 3.36. The van der Waals surface area contributed by atoms with Crippen LogP contribution in [0.1, 0.15) is 5.56 Å².